The van der Waals surface area contributed by atoms with Gasteiger partial charge >= 0.3 is 0 Å². The first kappa shape index (κ1) is 7.03. The zero-order valence-corrected chi connectivity index (χ0v) is 5.86. The van der Waals surface area contributed by atoms with Crippen molar-refractivity contribution in [2.45, 2.75) is 17.7 Å². The van der Waals surface area contributed by atoms with Gasteiger partial charge in [-0.1, -0.05) is 0 Å². The van der Waals surface area contributed by atoms with E-state index in [0.717, 1.165) is 6.29 Å². The molecule has 0 N–H and O–H groups in total. The molecule has 2 nitrogen and oxygen atoms in total. The number of carbonyl (C=O) groups excluding carboxylic acids is 1. The third-order valence-corrected chi connectivity index (χ3v) is 2.00. The summed E-state index contributed by atoms with van der Waals surface area (Å²) >= 11 is 5.81. The highest BCUT2D eigenvalue weighted by Crippen LogP contribution is 2.24. The van der Waals surface area contributed by atoms with Gasteiger partial charge in [0, 0.05) is 13.2 Å². The van der Waals surface area contributed by atoms with E-state index in [-0.39, 0.29) is 0 Å². The molecule has 1 rings (SSSR count). The molecule has 0 amide bonds. The lowest BCUT2D eigenvalue weighted by Crippen LogP contribution is -2.31. The van der Waals surface area contributed by atoms with Gasteiger partial charge in [0.05, 0.1) is 0 Å². The van der Waals surface area contributed by atoms with Gasteiger partial charge in [-0.3, -0.25) is 0 Å². The lowest BCUT2D eigenvalue weighted by molar-refractivity contribution is -0.112. The van der Waals surface area contributed by atoms with Crippen LogP contribution in [0.3, 0.4) is 0 Å². The molecule has 0 aromatic rings. The third kappa shape index (κ3) is 1.66. The SMILES string of the molecule is O=CC1(Cl)CCOCC1. The van der Waals surface area contributed by atoms with Crippen molar-refractivity contribution in [2.24, 2.45) is 0 Å². The Balaban J connectivity index is 2.46. The van der Waals surface area contributed by atoms with E-state index < -0.39 is 4.87 Å². The minimum Gasteiger partial charge on any atom is -0.381 e. The van der Waals surface area contributed by atoms with Gasteiger partial charge < -0.3 is 9.53 Å². The first-order valence-electron chi connectivity index (χ1n) is 3.00. The van der Waals surface area contributed by atoms with E-state index in [0.29, 0.717) is 26.1 Å². The van der Waals surface area contributed by atoms with E-state index in [1.165, 1.54) is 0 Å². The summed E-state index contributed by atoms with van der Waals surface area (Å²) in [6, 6.07) is 0. The quantitative estimate of drug-likeness (QED) is 0.409. The predicted molar refractivity (Wildman–Crippen MR) is 34.7 cm³/mol. The molecule has 0 bridgehead atoms. The van der Waals surface area contributed by atoms with Crippen molar-refractivity contribution in [1.29, 1.82) is 0 Å². The van der Waals surface area contributed by atoms with Crippen molar-refractivity contribution in [2.75, 3.05) is 13.2 Å². The fourth-order valence-electron chi connectivity index (χ4n) is 0.829. The highest BCUT2D eigenvalue weighted by Gasteiger charge is 2.28. The number of hydrogen-bond acceptors (Lipinski definition) is 2. The van der Waals surface area contributed by atoms with E-state index in [1.807, 2.05) is 0 Å². The summed E-state index contributed by atoms with van der Waals surface area (Å²) in [6.07, 6.45) is 2.12. The Morgan fingerprint density at radius 1 is 1.44 bits per heavy atom. The van der Waals surface area contributed by atoms with Gasteiger partial charge in [-0.05, 0) is 12.8 Å². The van der Waals surface area contributed by atoms with Gasteiger partial charge in [0.2, 0.25) is 0 Å². The van der Waals surface area contributed by atoms with Gasteiger partial charge in [0.1, 0.15) is 11.2 Å². The molecule has 1 aliphatic rings. The molecule has 0 aromatic heterocycles. The van der Waals surface area contributed by atoms with Crippen LogP contribution in [0, 0.1) is 0 Å². The van der Waals surface area contributed by atoms with Crippen molar-refractivity contribution in [3.63, 3.8) is 0 Å². The molecule has 0 spiro atoms. The summed E-state index contributed by atoms with van der Waals surface area (Å²) in [5, 5.41) is 0. The lowest BCUT2D eigenvalue weighted by Gasteiger charge is -2.24. The standard InChI is InChI=1S/C6H9ClO2/c7-6(5-8)1-3-9-4-2-6/h5H,1-4H2. The first-order chi connectivity index (χ1) is 4.27. The van der Waals surface area contributed by atoms with Crippen molar-refractivity contribution >= 4 is 17.9 Å². The van der Waals surface area contributed by atoms with E-state index in [1.54, 1.807) is 0 Å². The Morgan fingerprint density at radius 3 is 2.33 bits per heavy atom. The molecule has 1 heterocycles. The molecule has 0 saturated carbocycles. The molecule has 1 aliphatic heterocycles. The summed E-state index contributed by atoms with van der Waals surface area (Å²) < 4.78 is 5.02. The van der Waals surface area contributed by atoms with Crippen molar-refractivity contribution < 1.29 is 9.53 Å². The summed E-state index contributed by atoms with van der Waals surface area (Å²) in [5.41, 5.74) is 0. The maximum atomic E-state index is 10.3. The molecular formula is C6H9ClO2. The van der Waals surface area contributed by atoms with Crippen LogP contribution < -0.4 is 0 Å². The van der Waals surface area contributed by atoms with E-state index in [2.05, 4.69) is 0 Å². The minimum atomic E-state index is -0.613. The minimum absolute atomic E-state index is 0.613. The van der Waals surface area contributed by atoms with Crippen LogP contribution in [0.4, 0.5) is 0 Å². The average Bonchev–Trinajstić information content (AvgIpc) is 1.90. The highest BCUT2D eigenvalue weighted by atomic mass is 35.5. The second-order valence-corrected chi connectivity index (χ2v) is 3.02. The second kappa shape index (κ2) is 2.67. The van der Waals surface area contributed by atoms with Crippen molar-refractivity contribution in [3.05, 3.63) is 0 Å². The molecule has 0 aliphatic carbocycles. The number of hydrogen-bond donors (Lipinski definition) is 0. The largest absolute Gasteiger partial charge is 0.381 e. The summed E-state index contributed by atoms with van der Waals surface area (Å²) in [6.45, 7) is 1.23. The number of halogens is 1. The average molecular weight is 149 g/mol. The molecule has 0 unspecified atom stereocenters. The molecule has 0 aromatic carbocycles. The molecule has 1 saturated heterocycles. The number of ether oxygens (including phenoxy) is 1. The van der Waals surface area contributed by atoms with Crippen LogP contribution in [0.15, 0.2) is 0 Å². The van der Waals surface area contributed by atoms with E-state index in [9.17, 15) is 4.79 Å². The Kier molecular flexibility index (Phi) is 2.09. The highest BCUT2D eigenvalue weighted by molar-refractivity contribution is 6.31. The Morgan fingerprint density at radius 2 is 2.00 bits per heavy atom. The molecule has 1 fully saturated rings. The van der Waals surface area contributed by atoms with Crippen LogP contribution in [0.5, 0.6) is 0 Å². The zero-order chi connectivity index (χ0) is 6.74. The topological polar surface area (TPSA) is 26.3 Å². The number of carbonyl (C=O) groups is 1. The fraction of sp³-hybridized carbons (Fsp3) is 0.833. The molecule has 9 heavy (non-hydrogen) atoms. The fourth-order valence-corrected chi connectivity index (χ4v) is 0.983. The summed E-state index contributed by atoms with van der Waals surface area (Å²) in [4.78, 5) is 9.68. The number of rotatable bonds is 1. The predicted octanol–water partition coefficient (Wildman–Crippen LogP) is 0.973. The molecule has 0 atom stereocenters. The number of alkyl halides is 1. The van der Waals surface area contributed by atoms with Crippen molar-refractivity contribution in [1.82, 2.24) is 0 Å². The summed E-state index contributed by atoms with van der Waals surface area (Å²) in [5.74, 6) is 0. The molecule has 3 heteroatoms. The van der Waals surface area contributed by atoms with Crippen LogP contribution in [-0.2, 0) is 9.53 Å². The lowest BCUT2D eigenvalue weighted by atomic mass is 10.0. The molecular weight excluding hydrogens is 140 g/mol. The maximum absolute atomic E-state index is 10.3. The monoisotopic (exact) mass is 148 g/mol. The van der Waals surface area contributed by atoms with Gasteiger partial charge in [-0.25, -0.2) is 0 Å². The van der Waals surface area contributed by atoms with Crippen LogP contribution in [-0.4, -0.2) is 24.4 Å². The Bertz CT molecular complexity index is 108. The van der Waals surface area contributed by atoms with E-state index >= 15 is 0 Å². The van der Waals surface area contributed by atoms with Gasteiger partial charge in [-0.15, -0.1) is 11.6 Å². The summed E-state index contributed by atoms with van der Waals surface area (Å²) in [7, 11) is 0. The Hall–Kier alpha value is -0.0800. The molecule has 0 radical (unpaired) electrons. The zero-order valence-electron chi connectivity index (χ0n) is 5.10. The van der Waals surface area contributed by atoms with Gasteiger partial charge in [0.15, 0.2) is 0 Å². The van der Waals surface area contributed by atoms with Crippen LogP contribution in [0.1, 0.15) is 12.8 Å². The van der Waals surface area contributed by atoms with Gasteiger partial charge in [-0.2, -0.15) is 0 Å². The number of aldehydes is 1. The van der Waals surface area contributed by atoms with E-state index in [4.69, 9.17) is 16.3 Å². The maximum Gasteiger partial charge on any atom is 0.141 e. The van der Waals surface area contributed by atoms with Crippen LogP contribution in [0.25, 0.3) is 0 Å². The second-order valence-electron chi connectivity index (χ2n) is 2.26. The van der Waals surface area contributed by atoms with Gasteiger partial charge in [0.25, 0.3) is 0 Å². The van der Waals surface area contributed by atoms with Crippen LogP contribution >= 0.6 is 11.6 Å². The molecule has 52 valence electrons. The normalized spacial score (nSPS) is 25.4. The Labute approximate surface area is 59.1 Å². The smallest absolute Gasteiger partial charge is 0.141 e. The van der Waals surface area contributed by atoms with Crippen molar-refractivity contribution in [3.8, 4) is 0 Å². The third-order valence-electron chi connectivity index (χ3n) is 1.54. The van der Waals surface area contributed by atoms with Crippen LogP contribution in [0.2, 0.25) is 0 Å². The first-order valence-corrected chi connectivity index (χ1v) is 3.38.